The fourth-order valence-corrected chi connectivity index (χ4v) is 1.56. The molecule has 2 nitrogen and oxygen atoms in total. The second-order valence-electron chi connectivity index (χ2n) is 3.05. The fourth-order valence-electron chi connectivity index (χ4n) is 1.56. The first-order valence-corrected chi connectivity index (χ1v) is 3.83. The number of hydrogen-bond acceptors (Lipinski definition) is 2. The molecular formula is C8H12N2. The Balaban J connectivity index is 2.22. The van der Waals surface area contributed by atoms with Gasteiger partial charge in [-0.25, -0.2) is 4.99 Å². The molecule has 0 saturated carbocycles. The van der Waals surface area contributed by atoms with Gasteiger partial charge in [0, 0.05) is 25.7 Å². The molecule has 2 heterocycles. The van der Waals surface area contributed by atoms with Crippen molar-refractivity contribution in [3.05, 3.63) is 11.8 Å². The molecule has 0 amide bonds. The van der Waals surface area contributed by atoms with E-state index in [1.54, 1.807) is 0 Å². The van der Waals surface area contributed by atoms with Crippen molar-refractivity contribution in [3.8, 4) is 0 Å². The van der Waals surface area contributed by atoms with E-state index in [2.05, 4.69) is 16.8 Å². The first kappa shape index (κ1) is 5.96. The van der Waals surface area contributed by atoms with Gasteiger partial charge >= 0.3 is 0 Å². The zero-order valence-electron chi connectivity index (χ0n) is 6.30. The third-order valence-electron chi connectivity index (χ3n) is 2.07. The molecule has 1 fully saturated rings. The Morgan fingerprint density at radius 1 is 1.60 bits per heavy atom. The van der Waals surface area contributed by atoms with Crippen LogP contribution in [0, 0.1) is 0 Å². The molecule has 0 aromatic heterocycles. The van der Waals surface area contributed by atoms with E-state index >= 15 is 0 Å². The van der Waals surface area contributed by atoms with E-state index in [0.717, 1.165) is 6.54 Å². The summed E-state index contributed by atoms with van der Waals surface area (Å²) < 4.78 is 0. The van der Waals surface area contributed by atoms with Crippen molar-refractivity contribution in [3.63, 3.8) is 0 Å². The average molecular weight is 136 g/mol. The lowest BCUT2D eigenvalue weighted by atomic mass is 10.3. The third-order valence-corrected chi connectivity index (χ3v) is 2.07. The summed E-state index contributed by atoms with van der Waals surface area (Å²) in [6.07, 6.45) is 4.47. The van der Waals surface area contributed by atoms with Crippen molar-refractivity contribution in [1.29, 1.82) is 0 Å². The van der Waals surface area contributed by atoms with E-state index in [1.165, 1.54) is 30.8 Å². The van der Waals surface area contributed by atoms with Gasteiger partial charge in [0.05, 0.1) is 0 Å². The van der Waals surface area contributed by atoms with E-state index in [9.17, 15) is 0 Å². The first-order chi connectivity index (χ1) is 4.86. The molecule has 54 valence electrons. The predicted octanol–water partition coefficient (Wildman–Crippen LogP) is 1.40. The summed E-state index contributed by atoms with van der Waals surface area (Å²) in [4.78, 5) is 6.72. The highest BCUT2D eigenvalue weighted by atomic mass is 15.2. The lowest BCUT2D eigenvalue weighted by Crippen LogP contribution is -2.28. The molecule has 0 radical (unpaired) electrons. The molecule has 2 rings (SSSR count). The van der Waals surface area contributed by atoms with Gasteiger partial charge in [0.2, 0.25) is 0 Å². The molecule has 0 N–H and O–H groups in total. The van der Waals surface area contributed by atoms with Crippen LogP contribution in [-0.2, 0) is 0 Å². The van der Waals surface area contributed by atoms with Crippen LogP contribution in [0.4, 0.5) is 0 Å². The Morgan fingerprint density at radius 2 is 2.50 bits per heavy atom. The largest absolute Gasteiger partial charge is 0.356 e. The van der Waals surface area contributed by atoms with Crippen LogP contribution >= 0.6 is 0 Å². The second-order valence-corrected chi connectivity index (χ2v) is 3.05. The van der Waals surface area contributed by atoms with Crippen molar-refractivity contribution in [1.82, 2.24) is 4.90 Å². The molecule has 0 unspecified atom stereocenters. The minimum absolute atomic E-state index is 1.11. The van der Waals surface area contributed by atoms with Gasteiger partial charge in [-0.2, -0.15) is 0 Å². The molecule has 0 bridgehead atoms. The molecule has 2 aliphatic rings. The number of aliphatic imine (C=N–C) groups is 1. The topological polar surface area (TPSA) is 15.6 Å². The average Bonchev–Trinajstić information content (AvgIpc) is 2.33. The summed E-state index contributed by atoms with van der Waals surface area (Å²) in [5.74, 6) is 1.30. The Hall–Kier alpha value is -0.790. The summed E-state index contributed by atoms with van der Waals surface area (Å²) >= 11 is 0. The normalized spacial score (nSPS) is 23.9. The van der Waals surface area contributed by atoms with Gasteiger partial charge in [-0.15, -0.1) is 0 Å². The highest BCUT2D eigenvalue weighted by molar-refractivity contribution is 5.85. The van der Waals surface area contributed by atoms with Crippen molar-refractivity contribution in [2.75, 3.05) is 13.1 Å². The van der Waals surface area contributed by atoms with Crippen molar-refractivity contribution < 1.29 is 0 Å². The van der Waals surface area contributed by atoms with Gasteiger partial charge in [0.25, 0.3) is 0 Å². The molecule has 0 aliphatic carbocycles. The van der Waals surface area contributed by atoms with Crippen molar-refractivity contribution >= 4 is 5.84 Å². The highest BCUT2D eigenvalue weighted by Gasteiger charge is 2.19. The maximum absolute atomic E-state index is 4.35. The maximum atomic E-state index is 4.35. The molecule has 2 heteroatoms. The number of rotatable bonds is 0. The van der Waals surface area contributed by atoms with Crippen molar-refractivity contribution in [2.45, 2.75) is 19.8 Å². The second kappa shape index (κ2) is 2.11. The van der Waals surface area contributed by atoms with Gasteiger partial charge in [-0.3, -0.25) is 0 Å². The summed E-state index contributed by atoms with van der Waals surface area (Å²) in [5, 5.41) is 0. The summed E-state index contributed by atoms with van der Waals surface area (Å²) in [5.41, 5.74) is 1.38. The van der Waals surface area contributed by atoms with Crippen LogP contribution < -0.4 is 0 Å². The van der Waals surface area contributed by atoms with Gasteiger partial charge in [-0.1, -0.05) is 0 Å². The van der Waals surface area contributed by atoms with E-state index in [4.69, 9.17) is 0 Å². The Kier molecular flexibility index (Phi) is 1.26. The number of nitrogens with zero attached hydrogens (tertiary/aromatic N) is 2. The Bertz CT molecular complexity index is 203. The van der Waals surface area contributed by atoms with Crippen LogP contribution in [0.25, 0.3) is 0 Å². The fraction of sp³-hybridized carbons (Fsp3) is 0.625. The lowest BCUT2D eigenvalue weighted by Gasteiger charge is -2.21. The van der Waals surface area contributed by atoms with E-state index in [1.807, 2.05) is 6.20 Å². The Labute approximate surface area is 61.2 Å². The van der Waals surface area contributed by atoms with E-state index < -0.39 is 0 Å². The van der Waals surface area contributed by atoms with Gasteiger partial charge < -0.3 is 4.90 Å². The standard InChI is InChI=1S/C8H12N2/c1-7-5-9-8-3-2-4-10(8)6-7/h5H,2-4,6H2,1H3. The smallest absolute Gasteiger partial charge is 0.104 e. The maximum Gasteiger partial charge on any atom is 0.104 e. The first-order valence-electron chi connectivity index (χ1n) is 3.83. The number of amidine groups is 1. The Morgan fingerprint density at radius 3 is 3.40 bits per heavy atom. The van der Waals surface area contributed by atoms with Crippen LogP contribution in [0.2, 0.25) is 0 Å². The van der Waals surface area contributed by atoms with Gasteiger partial charge in [-0.05, 0) is 18.9 Å². The molecule has 10 heavy (non-hydrogen) atoms. The molecular weight excluding hydrogens is 124 g/mol. The summed E-state index contributed by atoms with van der Waals surface area (Å²) in [6.45, 7) is 4.46. The minimum atomic E-state index is 1.11. The zero-order valence-corrected chi connectivity index (χ0v) is 6.30. The minimum Gasteiger partial charge on any atom is -0.356 e. The molecule has 0 spiro atoms. The van der Waals surface area contributed by atoms with Crippen LogP contribution in [-0.4, -0.2) is 23.8 Å². The molecule has 0 aromatic carbocycles. The number of hydrogen-bond donors (Lipinski definition) is 0. The van der Waals surface area contributed by atoms with E-state index in [0.29, 0.717) is 0 Å². The predicted molar refractivity (Wildman–Crippen MR) is 42.0 cm³/mol. The van der Waals surface area contributed by atoms with Gasteiger partial charge in [0.1, 0.15) is 5.84 Å². The molecule has 1 saturated heterocycles. The summed E-state index contributed by atoms with van der Waals surface area (Å²) in [6, 6.07) is 0. The molecule has 0 aromatic rings. The van der Waals surface area contributed by atoms with E-state index in [-0.39, 0.29) is 0 Å². The monoisotopic (exact) mass is 136 g/mol. The zero-order chi connectivity index (χ0) is 6.97. The van der Waals surface area contributed by atoms with Crippen LogP contribution in [0.5, 0.6) is 0 Å². The molecule has 2 aliphatic heterocycles. The van der Waals surface area contributed by atoms with Crippen molar-refractivity contribution in [2.24, 2.45) is 4.99 Å². The third kappa shape index (κ3) is 0.838. The van der Waals surface area contributed by atoms with Crippen LogP contribution in [0.1, 0.15) is 19.8 Å². The van der Waals surface area contributed by atoms with Crippen LogP contribution in [0.15, 0.2) is 16.8 Å². The lowest BCUT2D eigenvalue weighted by molar-refractivity contribution is 0.484. The summed E-state index contributed by atoms with van der Waals surface area (Å²) in [7, 11) is 0. The van der Waals surface area contributed by atoms with Gasteiger partial charge in [0.15, 0.2) is 0 Å². The quantitative estimate of drug-likeness (QED) is 0.491. The van der Waals surface area contributed by atoms with Crippen LogP contribution in [0.3, 0.4) is 0 Å². The SMILES string of the molecule is CC1=CN=C2CCCN2C1. The molecule has 0 atom stereocenters. The number of fused-ring (bicyclic) bond motifs is 1. The highest BCUT2D eigenvalue weighted by Crippen LogP contribution is 2.17.